The molecule has 4 nitrogen and oxygen atoms in total. The lowest BCUT2D eigenvalue weighted by molar-refractivity contribution is 0.104. The van der Waals surface area contributed by atoms with E-state index in [1.54, 1.807) is 30.3 Å². The SMILES string of the molecule is C=C(CCC)CC(C)OC(=CC(=O)c1ccc2ccccc2c1)c1ccccc1S(=O)O. The second kappa shape index (κ2) is 11.0. The number of benzene rings is 3. The zero-order valence-electron chi connectivity index (χ0n) is 18.4. The molecule has 0 saturated heterocycles. The number of ketones is 1. The van der Waals surface area contributed by atoms with Crippen LogP contribution in [-0.4, -0.2) is 20.6 Å². The first-order chi connectivity index (χ1) is 15.4. The van der Waals surface area contributed by atoms with E-state index in [2.05, 4.69) is 13.5 Å². The zero-order valence-corrected chi connectivity index (χ0v) is 19.2. The predicted octanol–water partition coefficient (Wildman–Crippen LogP) is 6.80. The van der Waals surface area contributed by atoms with Crippen LogP contribution in [-0.2, 0) is 15.8 Å². The van der Waals surface area contributed by atoms with Crippen molar-refractivity contribution in [3.8, 4) is 0 Å². The van der Waals surface area contributed by atoms with E-state index in [1.807, 2.05) is 43.3 Å². The van der Waals surface area contributed by atoms with Crippen LogP contribution in [0.4, 0.5) is 0 Å². The van der Waals surface area contributed by atoms with E-state index in [9.17, 15) is 13.6 Å². The van der Waals surface area contributed by atoms with E-state index in [0.29, 0.717) is 17.5 Å². The molecule has 3 aromatic rings. The molecule has 0 amide bonds. The zero-order chi connectivity index (χ0) is 23.1. The second-order valence-electron chi connectivity index (χ2n) is 7.81. The average Bonchev–Trinajstić information content (AvgIpc) is 2.78. The lowest BCUT2D eigenvalue weighted by Gasteiger charge is -2.20. The van der Waals surface area contributed by atoms with Gasteiger partial charge in [-0.1, -0.05) is 74.0 Å². The van der Waals surface area contributed by atoms with Gasteiger partial charge < -0.3 is 9.29 Å². The quantitative estimate of drug-likeness (QED) is 0.122. The summed E-state index contributed by atoms with van der Waals surface area (Å²) in [5.74, 6) is 0.0434. The predicted molar refractivity (Wildman–Crippen MR) is 131 cm³/mol. The summed E-state index contributed by atoms with van der Waals surface area (Å²) in [6, 6.07) is 20.0. The number of hydrogen-bond acceptors (Lipinski definition) is 3. The summed E-state index contributed by atoms with van der Waals surface area (Å²) in [6.45, 7) is 8.10. The highest BCUT2D eigenvalue weighted by molar-refractivity contribution is 7.79. The molecule has 0 aliphatic carbocycles. The molecule has 0 bridgehead atoms. The summed E-state index contributed by atoms with van der Waals surface area (Å²) < 4.78 is 27.8. The Bertz CT molecular complexity index is 1180. The highest BCUT2D eigenvalue weighted by atomic mass is 32.2. The molecule has 0 aliphatic heterocycles. The molecule has 2 unspecified atom stereocenters. The highest BCUT2D eigenvalue weighted by Crippen LogP contribution is 2.27. The van der Waals surface area contributed by atoms with Gasteiger partial charge >= 0.3 is 0 Å². The molecule has 0 saturated carbocycles. The van der Waals surface area contributed by atoms with Gasteiger partial charge in [-0.15, -0.1) is 0 Å². The maximum absolute atomic E-state index is 13.1. The minimum absolute atomic E-state index is 0.199. The highest BCUT2D eigenvalue weighted by Gasteiger charge is 2.18. The van der Waals surface area contributed by atoms with E-state index < -0.39 is 11.1 Å². The third-order valence-electron chi connectivity index (χ3n) is 5.14. The van der Waals surface area contributed by atoms with Crippen LogP contribution in [0.15, 0.2) is 89.9 Å². The number of allylic oxidation sites excluding steroid dienone is 1. The lowest BCUT2D eigenvalue weighted by atomic mass is 10.0. The standard InChI is InChI=1S/C27H28O4S/c1-4-9-19(2)16-20(3)31-26(24-12-7-8-13-27(24)32(29)30)18-25(28)23-15-14-21-10-5-6-11-22(21)17-23/h5-8,10-15,17-18,20H,2,4,9,16H2,1,3H3,(H,29,30). The van der Waals surface area contributed by atoms with Gasteiger partial charge in [0.15, 0.2) is 16.9 Å². The van der Waals surface area contributed by atoms with Crippen LogP contribution < -0.4 is 0 Å². The van der Waals surface area contributed by atoms with E-state index in [-0.39, 0.29) is 22.5 Å². The normalized spacial score (nSPS) is 13.5. The molecule has 0 aliphatic rings. The van der Waals surface area contributed by atoms with Crippen LogP contribution >= 0.6 is 0 Å². The van der Waals surface area contributed by atoms with Crippen LogP contribution in [0.2, 0.25) is 0 Å². The Labute approximate surface area is 191 Å². The molecule has 166 valence electrons. The third kappa shape index (κ3) is 6.02. The topological polar surface area (TPSA) is 63.6 Å². The maximum atomic E-state index is 13.1. The van der Waals surface area contributed by atoms with Crippen LogP contribution in [0.1, 0.15) is 49.0 Å². The number of carbonyl (C=O) groups excluding carboxylic acids is 1. The van der Waals surface area contributed by atoms with Crippen molar-refractivity contribution in [1.82, 2.24) is 0 Å². The van der Waals surface area contributed by atoms with Crippen LogP contribution in [0.3, 0.4) is 0 Å². The summed E-state index contributed by atoms with van der Waals surface area (Å²) in [6.07, 6.45) is 3.71. The second-order valence-corrected chi connectivity index (χ2v) is 8.75. The monoisotopic (exact) mass is 448 g/mol. The molecule has 1 N–H and O–H groups in total. The van der Waals surface area contributed by atoms with Crippen LogP contribution in [0.5, 0.6) is 0 Å². The fourth-order valence-electron chi connectivity index (χ4n) is 3.66. The Hall–Kier alpha value is -3.02. The number of hydrogen-bond donors (Lipinski definition) is 1. The van der Waals surface area contributed by atoms with E-state index in [0.717, 1.165) is 29.2 Å². The third-order valence-corrected chi connectivity index (χ3v) is 5.88. The first kappa shape index (κ1) is 23.6. The summed E-state index contributed by atoms with van der Waals surface area (Å²) in [4.78, 5) is 13.3. The van der Waals surface area contributed by atoms with Gasteiger partial charge in [-0.05, 0) is 42.3 Å². The van der Waals surface area contributed by atoms with Gasteiger partial charge in [0.05, 0.1) is 11.0 Å². The molecule has 5 heteroatoms. The molecule has 0 aromatic heterocycles. The van der Waals surface area contributed by atoms with Gasteiger partial charge in [0.1, 0.15) is 5.76 Å². The summed E-state index contributed by atoms with van der Waals surface area (Å²) in [5, 5.41) is 2.02. The van der Waals surface area contributed by atoms with Crippen LogP contribution in [0.25, 0.3) is 16.5 Å². The molecule has 0 spiro atoms. The summed E-state index contributed by atoms with van der Waals surface area (Å²) in [5.41, 5.74) is 2.02. The van der Waals surface area contributed by atoms with E-state index in [4.69, 9.17) is 4.74 Å². The Balaban J connectivity index is 1.98. The first-order valence-electron chi connectivity index (χ1n) is 10.7. The van der Waals surface area contributed by atoms with Crippen molar-refractivity contribution in [3.63, 3.8) is 0 Å². The Kier molecular flexibility index (Phi) is 8.14. The minimum Gasteiger partial charge on any atom is -0.490 e. The van der Waals surface area contributed by atoms with E-state index in [1.165, 1.54) is 6.08 Å². The number of ether oxygens (including phenoxy) is 1. The molecule has 0 heterocycles. The van der Waals surface area contributed by atoms with Gasteiger partial charge in [0.25, 0.3) is 0 Å². The van der Waals surface area contributed by atoms with Gasteiger partial charge in [-0.2, -0.15) is 0 Å². The van der Waals surface area contributed by atoms with Crippen LogP contribution in [0, 0.1) is 0 Å². The van der Waals surface area contributed by atoms with Gasteiger partial charge in [-0.3, -0.25) is 4.79 Å². The summed E-state index contributed by atoms with van der Waals surface area (Å²) >= 11 is -2.22. The molecule has 3 rings (SSSR count). The maximum Gasteiger partial charge on any atom is 0.189 e. The number of rotatable bonds is 10. The van der Waals surface area contributed by atoms with Crippen molar-refractivity contribution in [2.75, 3.05) is 0 Å². The first-order valence-corrected chi connectivity index (χ1v) is 11.8. The molecule has 2 atom stereocenters. The number of fused-ring (bicyclic) bond motifs is 1. The van der Waals surface area contributed by atoms with Gasteiger partial charge in [0, 0.05) is 23.6 Å². The minimum atomic E-state index is -2.22. The Morgan fingerprint density at radius 2 is 1.78 bits per heavy atom. The molecule has 0 fully saturated rings. The van der Waals surface area contributed by atoms with Gasteiger partial charge in [-0.25, -0.2) is 4.21 Å². The molecular weight excluding hydrogens is 420 g/mol. The van der Waals surface area contributed by atoms with Crippen molar-refractivity contribution in [1.29, 1.82) is 0 Å². The lowest BCUT2D eigenvalue weighted by Crippen LogP contribution is -2.11. The average molecular weight is 449 g/mol. The molecule has 3 aromatic carbocycles. The fourth-order valence-corrected chi connectivity index (χ4v) is 4.22. The van der Waals surface area contributed by atoms with Crippen molar-refractivity contribution >= 4 is 33.4 Å². The fraction of sp³-hybridized carbons (Fsp3) is 0.222. The molecular formula is C27H28O4S. The van der Waals surface area contributed by atoms with Gasteiger partial charge in [0.2, 0.25) is 0 Å². The Morgan fingerprint density at radius 3 is 2.50 bits per heavy atom. The smallest absolute Gasteiger partial charge is 0.189 e. The van der Waals surface area contributed by atoms with Crippen molar-refractivity contribution in [2.45, 2.75) is 44.1 Å². The van der Waals surface area contributed by atoms with Crippen molar-refractivity contribution < 1.29 is 18.3 Å². The number of carbonyl (C=O) groups is 1. The van der Waals surface area contributed by atoms with Crippen molar-refractivity contribution in [2.24, 2.45) is 0 Å². The Morgan fingerprint density at radius 1 is 1.09 bits per heavy atom. The molecule has 32 heavy (non-hydrogen) atoms. The molecule has 0 radical (unpaired) electrons. The van der Waals surface area contributed by atoms with Crippen molar-refractivity contribution in [3.05, 3.63) is 96.1 Å². The largest absolute Gasteiger partial charge is 0.490 e. The summed E-state index contributed by atoms with van der Waals surface area (Å²) in [7, 11) is 0. The van der Waals surface area contributed by atoms with E-state index >= 15 is 0 Å².